The number of carbonyl (C=O) groups excluding carboxylic acids is 1. The quantitative estimate of drug-likeness (QED) is 0.626. The summed E-state index contributed by atoms with van der Waals surface area (Å²) in [6.07, 6.45) is 2.30. The van der Waals surface area contributed by atoms with Crippen LogP contribution in [0.5, 0.6) is 5.75 Å². The first-order valence-corrected chi connectivity index (χ1v) is 5.82. The van der Waals surface area contributed by atoms with Gasteiger partial charge in [-0.1, -0.05) is 0 Å². The first-order valence-electron chi connectivity index (χ1n) is 5.82. The van der Waals surface area contributed by atoms with E-state index >= 15 is 0 Å². The molecule has 4 nitrogen and oxygen atoms in total. The van der Waals surface area contributed by atoms with Crippen LogP contribution >= 0.6 is 0 Å². The minimum atomic E-state index is -0.131. The highest BCUT2D eigenvalue weighted by atomic mass is 16.5. The van der Waals surface area contributed by atoms with E-state index in [1.165, 1.54) is 6.26 Å². The van der Waals surface area contributed by atoms with Gasteiger partial charge in [-0.25, -0.2) is 0 Å². The highest BCUT2D eigenvalue weighted by Crippen LogP contribution is 2.15. The summed E-state index contributed by atoms with van der Waals surface area (Å²) in [6.45, 7) is 1.19. The summed E-state index contributed by atoms with van der Waals surface area (Å²) >= 11 is 0. The number of hydrogen-bond acceptors (Lipinski definition) is 4. The van der Waals surface area contributed by atoms with E-state index in [0.717, 1.165) is 12.2 Å². The number of nitrogens with two attached hydrogens (primary N) is 1. The van der Waals surface area contributed by atoms with Gasteiger partial charge in [-0.15, -0.1) is 0 Å². The monoisotopic (exact) mass is 245 g/mol. The average Bonchev–Trinajstić information content (AvgIpc) is 2.93. The van der Waals surface area contributed by atoms with Crippen molar-refractivity contribution in [2.45, 2.75) is 6.42 Å². The Morgan fingerprint density at radius 3 is 2.61 bits per heavy atom. The standard InChI is InChI=1S/C14H15NO3/c15-8-2-10-17-12-6-4-11(5-7-12)14(16)13-3-1-9-18-13/h1,3-7,9H,2,8,10,15H2. The SMILES string of the molecule is NCCCOc1ccc(C(=O)c2ccco2)cc1. The number of ketones is 1. The van der Waals surface area contributed by atoms with Gasteiger partial charge in [-0.2, -0.15) is 0 Å². The molecule has 0 bridgehead atoms. The van der Waals surface area contributed by atoms with E-state index in [0.29, 0.717) is 24.5 Å². The maximum Gasteiger partial charge on any atom is 0.228 e. The molecule has 0 aliphatic heterocycles. The van der Waals surface area contributed by atoms with Crippen LogP contribution in [0.3, 0.4) is 0 Å². The summed E-state index contributed by atoms with van der Waals surface area (Å²) in [4.78, 5) is 11.9. The Balaban J connectivity index is 2.01. The topological polar surface area (TPSA) is 65.5 Å². The molecule has 0 amide bonds. The number of furan rings is 1. The summed E-state index contributed by atoms with van der Waals surface area (Å²) in [5.41, 5.74) is 5.96. The third-order valence-corrected chi connectivity index (χ3v) is 2.48. The molecule has 4 heteroatoms. The van der Waals surface area contributed by atoms with E-state index < -0.39 is 0 Å². The average molecular weight is 245 g/mol. The normalized spacial score (nSPS) is 10.3. The summed E-state index contributed by atoms with van der Waals surface area (Å²) in [5.74, 6) is 0.944. The number of rotatable bonds is 6. The summed E-state index contributed by atoms with van der Waals surface area (Å²) < 4.78 is 10.5. The lowest BCUT2D eigenvalue weighted by atomic mass is 10.1. The minimum absolute atomic E-state index is 0.131. The van der Waals surface area contributed by atoms with Gasteiger partial charge in [-0.3, -0.25) is 4.79 Å². The van der Waals surface area contributed by atoms with Gasteiger partial charge in [0, 0.05) is 5.56 Å². The lowest BCUT2D eigenvalue weighted by Gasteiger charge is -2.05. The summed E-state index contributed by atoms with van der Waals surface area (Å²) in [7, 11) is 0. The van der Waals surface area contributed by atoms with Crippen LogP contribution in [0.15, 0.2) is 47.1 Å². The Bertz CT molecular complexity index is 488. The van der Waals surface area contributed by atoms with Crippen molar-refractivity contribution >= 4 is 5.78 Å². The second-order valence-electron chi connectivity index (χ2n) is 3.82. The van der Waals surface area contributed by atoms with Crippen LogP contribution in [-0.4, -0.2) is 18.9 Å². The van der Waals surface area contributed by atoms with E-state index in [-0.39, 0.29) is 5.78 Å². The molecule has 0 radical (unpaired) electrons. The predicted molar refractivity (Wildman–Crippen MR) is 67.7 cm³/mol. The third-order valence-electron chi connectivity index (χ3n) is 2.48. The molecule has 2 N–H and O–H groups in total. The second-order valence-corrected chi connectivity index (χ2v) is 3.82. The molecule has 2 rings (SSSR count). The number of carbonyl (C=O) groups is 1. The van der Waals surface area contributed by atoms with Crippen LogP contribution in [0.1, 0.15) is 22.5 Å². The Morgan fingerprint density at radius 1 is 1.22 bits per heavy atom. The third kappa shape index (κ3) is 2.99. The first kappa shape index (κ1) is 12.4. The molecule has 0 aliphatic rings. The van der Waals surface area contributed by atoms with Crippen molar-refractivity contribution < 1.29 is 13.9 Å². The highest BCUT2D eigenvalue weighted by Gasteiger charge is 2.11. The number of ether oxygens (including phenoxy) is 1. The first-order chi connectivity index (χ1) is 8.81. The maximum atomic E-state index is 11.9. The zero-order valence-corrected chi connectivity index (χ0v) is 9.96. The molecule has 0 spiro atoms. The fourth-order valence-corrected chi connectivity index (χ4v) is 1.53. The Labute approximate surface area is 105 Å². The van der Waals surface area contributed by atoms with Crippen molar-refractivity contribution in [1.29, 1.82) is 0 Å². The smallest absolute Gasteiger partial charge is 0.228 e. The molecule has 0 unspecified atom stereocenters. The van der Waals surface area contributed by atoms with E-state index in [1.807, 2.05) is 0 Å². The van der Waals surface area contributed by atoms with Crippen LogP contribution in [0, 0.1) is 0 Å². The summed E-state index contributed by atoms with van der Waals surface area (Å²) in [5, 5.41) is 0. The van der Waals surface area contributed by atoms with Crippen LogP contribution in [-0.2, 0) is 0 Å². The van der Waals surface area contributed by atoms with Gasteiger partial charge in [0.1, 0.15) is 5.75 Å². The van der Waals surface area contributed by atoms with Crippen molar-refractivity contribution in [1.82, 2.24) is 0 Å². The zero-order chi connectivity index (χ0) is 12.8. The van der Waals surface area contributed by atoms with Gasteiger partial charge in [0.25, 0.3) is 0 Å². The lowest BCUT2D eigenvalue weighted by molar-refractivity contribution is 0.101. The highest BCUT2D eigenvalue weighted by molar-refractivity contribution is 6.07. The Morgan fingerprint density at radius 2 is 2.00 bits per heavy atom. The second kappa shape index (κ2) is 6.02. The largest absolute Gasteiger partial charge is 0.494 e. The van der Waals surface area contributed by atoms with Gasteiger partial charge in [-0.05, 0) is 49.4 Å². The molecule has 0 fully saturated rings. The van der Waals surface area contributed by atoms with Crippen LogP contribution in [0.2, 0.25) is 0 Å². The van der Waals surface area contributed by atoms with Crippen molar-refractivity contribution in [2.75, 3.05) is 13.2 Å². The number of benzene rings is 1. The predicted octanol–water partition coefficient (Wildman–Crippen LogP) is 2.24. The van der Waals surface area contributed by atoms with Crippen LogP contribution < -0.4 is 10.5 Å². The van der Waals surface area contributed by atoms with Crippen molar-refractivity contribution in [3.8, 4) is 5.75 Å². The molecule has 94 valence electrons. The fourth-order valence-electron chi connectivity index (χ4n) is 1.53. The molecule has 0 atom stereocenters. The van der Waals surface area contributed by atoms with Gasteiger partial charge in [0.15, 0.2) is 5.76 Å². The molecular weight excluding hydrogens is 230 g/mol. The summed E-state index contributed by atoms with van der Waals surface area (Å²) in [6, 6.07) is 10.3. The van der Waals surface area contributed by atoms with Crippen molar-refractivity contribution in [3.05, 3.63) is 54.0 Å². The van der Waals surface area contributed by atoms with Crippen molar-refractivity contribution in [3.63, 3.8) is 0 Å². The van der Waals surface area contributed by atoms with Crippen molar-refractivity contribution in [2.24, 2.45) is 5.73 Å². The van der Waals surface area contributed by atoms with Gasteiger partial charge in [0.05, 0.1) is 12.9 Å². The Kier molecular flexibility index (Phi) is 4.15. The van der Waals surface area contributed by atoms with Crippen LogP contribution in [0.4, 0.5) is 0 Å². The zero-order valence-electron chi connectivity index (χ0n) is 9.96. The molecule has 1 heterocycles. The fraction of sp³-hybridized carbons (Fsp3) is 0.214. The van der Waals surface area contributed by atoms with Gasteiger partial charge < -0.3 is 14.9 Å². The molecule has 0 saturated heterocycles. The van der Waals surface area contributed by atoms with E-state index in [4.69, 9.17) is 14.9 Å². The van der Waals surface area contributed by atoms with E-state index in [9.17, 15) is 4.79 Å². The minimum Gasteiger partial charge on any atom is -0.494 e. The molecule has 0 aliphatic carbocycles. The van der Waals surface area contributed by atoms with Gasteiger partial charge >= 0.3 is 0 Å². The lowest BCUT2D eigenvalue weighted by Crippen LogP contribution is -2.06. The number of hydrogen-bond donors (Lipinski definition) is 1. The molecule has 1 aromatic carbocycles. The van der Waals surface area contributed by atoms with E-state index in [2.05, 4.69) is 0 Å². The van der Waals surface area contributed by atoms with Gasteiger partial charge in [0.2, 0.25) is 5.78 Å². The molecule has 1 aromatic heterocycles. The van der Waals surface area contributed by atoms with Crippen LogP contribution in [0.25, 0.3) is 0 Å². The van der Waals surface area contributed by atoms with E-state index in [1.54, 1.807) is 36.4 Å². The molecule has 18 heavy (non-hydrogen) atoms. The maximum absolute atomic E-state index is 11.9. The molecular formula is C14H15NO3. The Hall–Kier alpha value is -2.07. The molecule has 0 saturated carbocycles. The molecule has 2 aromatic rings.